The third-order valence-corrected chi connectivity index (χ3v) is 5.31. The molecule has 1 fully saturated rings. The average Bonchev–Trinajstić information content (AvgIpc) is 3.35. The van der Waals surface area contributed by atoms with Crippen molar-refractivity contribution in [3.8, 4) is 0 Å². The number of rotatable bonds is 2. The summed E-state index contributed by atoms with van der Waals surface area (Å²) < 4.78 is 30.0. The van der Waals surface area contributed by atoms with Crippen LogP contribution in [0.1, 0.15) is 48.9 Å². The van der Waals surface area contributed by atoms with Crippen molar-refractivity contribution < 1.29 is 13.6 Å². The molecule has 26 heavy (non-hydrogen) atoms. The number of aromatic nitrogens is 4. The maximum absolute atomic E-state index is 14.4. The molecule has 6 nitrogen and oxygen atoms in total. The van der Waals surface area contributed by atoms with Crippen molar-refractivity contribution in [2.75, 3.05) is 5.32 Å². The van der Waals surface area contributed by atoms with E-state index in [1.165, 1.54) is 12.4 Å². The molecule has 2 aliphatic rings. The molecule has 132 valence electrons. The summed E-state index contributed by atoms with van der Waals surface area (Å²) in [5.74, 6) is -3.47. The fourth-order valence-electron chi connectivity index (χ4n) is 4.08. The molecule has 0 saturated heterocycles. The molecule has 3 heterocycles. The summed E-state index contributed by atoms with van der Waals surface area (Å²) in [5.41, 5.74) is 1.23. The molecule has 1 aliphatic heterocycles. The van der Waals surface area contributed by atoms with Crippen LogP contribution < -0.4 is 5.32 Å². The van der Waals surface area contributed by atoms with Gasteiger partial charge in [-0.2, -0.15) is 5.10 Å². The van der Waals surface area contributed by atoms with Gasteiger partial charge in [0.1, 0.15) is 12.2 Å². The van der Waals surface area contributed by atoms with Crippen molar-refractivity contribution in [2.24, 2.45) is 0 Å². The van der Waals surface area contributed by atoms with E-state index in [2.05, 4.69) is 20.4 Å². The number of fused-ring (bicyclic) bond motifs is 2. The van der Waals surface area contributed by atoms with Crippen LogP contribution in [0.15, 0.2) is 24.7 Å². The SMILES string of the molecule is O=C1Nc2ccc(F)c(F)c2C1c1ncnc2c1cnn2C1CCCC1. The predicted molar refractivity (Wildman–Crippen MR) is 89.7 cm³/mol. The zero-order chi connectivity index (χ0) is 17.8. The number of hydrogen-bond acceptors (Lipinski definition) is 4. The van der Waals surface area contributed by atoms with E-state index in [0.29, 0.717) is 16.7 Å². The standard InChI is InChI=1S/C18H15F2N5O/c19-11-5-6-12-13(15(11)20)14(18(26)24-12)16-10-7-23-25(9-3-1-2-4-9)17(10)22-8-21-16/h5-9,14H,1-4H2,(H,24,26). The van der Waals surface area contributed by atoms with Gasteiger partial charge in [-0.1, -0.05) is 12.8 Å². The van der Waals surface area contributed by atoms with Crippen molar-refractivity contribution >= 4 is 22.6 Å². The molecule has 1 amide bonds. The normalized spacial score (nSPS) is 19.9. The Morgan fingerprint density at radius 3 is 2.77 bits per heavy atom. The highest BCUT2D eigenvalue weighted by Crippen LogP contribution is 2.41. The van der Waals surface area contributed by atoms with Crippen LogP contribution >= 0.6 is 0 Å². The highest BCUT2D eigenvalue weighted by Gasteiger charge is 2.38. The molecule has 0 bridgehead atoms. The van der Waals surface area contributed by atoms with Crippen LogP contribution in [0.5, 0.6) is 0 Å². The Bertz CT molecular complexity index is 1040. The minimum atomic E-state index is -1.03. The number of nitrogens with zero attached hydrogens (tertiary/aromatic N) is 4. The number of carbonyl (C=O) groups is 1. The van der Waals surface area contributed by atoms with Gasteiger partial charge in [-0.25, -0.2) is 23.4 Å². The van der Waals surface area contributed by atoms with Gasteiger partial charge in [0.05, 0.1) is 23.3 Å². The Morgan fingerprint density at radius 2 is 1.96 bits per heavy atom. The summed E-state index contributed by atoms with van der Waals surface area (Å²) in [5, 5.41) is 7.65. The van der Waals surface area contributed by atoms with Gasteiger partial charge in [0, 0.05) is 11.3 Å². The lowest BCUT2D eigenvalue weighted by molar-refractivity contribution is -0.116. The molecule has 1 unspecified atom stereocenters. The Hall–Kier alpha value is -2.90. The predicted octanol–water partition coefficient (Wildman–Crippen LogP) is 3.30. The summed E-state index contributed by atoms with van der Waals surface area (Å²) >= 11 is 0. The highest BCUT2D eigenvalue weighted by atomic mass is 19.2. The van der Waals surface area contributed by atoms with Gasteiger partial charge in [0.2, 0.25) is 5.91 Å². The molecule has 2 aromatic heterocycles. The van der Waals surface area contributed by atoms with E-state index in [1.807, 2.05) is 4.68 Å². The fraction of sp³-hybridized carbons (Fsp3) is 0.333. The van der Waals surface area contributed by atoms with Crippen molar-refractivity contribution in [3.05, 3.63) is 47.5 Å². The minimum absolute atomic E-state index is 0.0105. The summed E-state index contributed by atoms with van der Waals surface area (Å²) in [7, 11) is 0. The van der Waals surface area contributed by atoms with Crippen LogP contribution in [0.25, 0.3) is 11.0 Å². The fourth-order valence-corrected chi connectivity index (χ4v) is 4.08. The number of benzene rings is 1. The van der Waals surface area contributed by atoms with Gasteiger partial charge >= 0.3 is 0 Å². The molecule has 1 N–H and O–H groups in total. The van der Waals surface area contributed by atoms with E-state index in [9.17, 15) is 13.6 Å². The highest BCUT2D eigenvalue weighted by molar-refractivity contribution is 6.06. The van der Waals surface area contributed by atoms with Crippen LogP contribution in [0.3, 0.4) is 0 Å². The van der Waals surface area contributed by atoms with Crippen molar-refractivity contribution in [2.45, 2.75) is 37.6 Å². The van der Waals surface area contributed by atoms with E-state index in [-0.39, 0.29) is 17.3 Å². The lowest BCUT2D eigenvalue weighted by atomic mass is 9.94. The quantitative estimate of drug-likeness (QED) is 0.765. The zero-order valence-corrected chi connectivity index (χ0v) is 13.7. The third kappa shape index (κ3) is 2.07. The van der Waals surface area contributed by atoms with Crippen LogP contribution in [0.4, 0.5) is 14.5 Å². The third-order valence-electron chi connectivity index (χ3n) is 5.31. The number of nitrogens with one attached hydrogen (secondary N) is 1. The lowest BCUT2D eigenvalue weighted by Gasteiger charge is -2.12. The number of anilines is 1. The van der Waals surface area contributed by atoms with E-state index < -0.39 is 23.5 Å². The molecule has 3 aromatic rings. The van der Waals surface area contributed by atoms with Crippen LogP contribution in [-0.2, 0) is 4.79 Å². The minimum Gasteiger partial charge on any atom is -0.325 e. The first-order chi connectivity index (χ1) is 12.6. The second-order valence-corrected chi connectivity index (χ2v) is 6.77. The molecule has 1 atom stereocenters. The Morgan fingerprint density at radius 1 is 1.15 bits per heavy atom. The average molecular weight is 355 g/mol. The van der Waals surface area contributed by atoms with Crippen LogP contribution in [0, 0.1) is 11.6 Å². The van der Waals surface area contributed by atoms with Gasteiger partial charge in [-0.15, -0.1) is 0 Å². The molecular weight excluding hydrogens is 340 g/mol. The smallest absolute Gasteiger partial charge is 0.238 e. The maximum atomic E-state index is 14.4. The summed E-state index contributed by atoms with van der Waals surface area (Å²) in [4.78, 5) is 21.1. The first-order valence-corrected chi connectivity index (χ1v) is 8.62. The Labute approximate surface area is 147 Å². The molecule has 5 rings (SSSR count). The zero-order valence-electron chi connectivity index (χ0n) is 13.7. The first kappa shape index (κ1) is 15.4. The summed E-state index contributed by atoms with van der Waals surface area (Å²) in [6.45, 7) is 0. The molecular formula is C18H15F2N5O. The van der Waals surface area contributed by atoms with E-state index in [4.69, 9.17) is 0 Å². The van der Waals surface area contributed by atoms with E-state index >= 15 is 0 Å². The van der Waals surface area contributed by atoms with Gasteiger partial charge in [0.25, 0.3) is 0 Å². The van der Waals surface area contributed by atoms with Crippen molar-refractivity contribution in [1.29, 1.82) is 0 Å². The van der Waals surface area contributed by atoms with Gasteiger partial charge < -0.3 is 5.32 Å². The molecule has 8 heteroatoms. The van der Waals surface area contributed by atoms with Gasteiger partial charge in [-0.3, -0.25) is 4.79 Å². The van der Waals surface area contributed by atoms with Crippen molar-refractivity contribution in [3.63, 3.8) is 0 Å². The molecule has 1 saturated carbocycles. The summed E-state index contributed by atoms with van der Waals surface area (Å²) in [6, 6.07) is 2.64. The molecule has 0 radical (unpaired) electrons. The summed E-state index contributed by atoms with van der Waals surface area (Å²) in [6.07, 6.45) is 7.32. The Kier molecular flexibility index (Phi) is 3.28. The van der Waals surface area contributed by atoms with Gasteiger partial charge in [0.15, 0.2) is 17.3 Å². The number of carbonyl (C=O) groups excluding carboxylic acids is 1. The van der Waals surface area contributed by atoms with Crippen LogP contribution in [0.2, 0.25) is 0 Å². The maximum Gasteiger partial charge on any atom is 0.238 e. The molecule has 1 aliphatic carbocycles. The topological polar surface area (TPSA) is 72.7 Å². The molecule has 1 aromatic carbocycles. The molecule has 0 spiro atoms. The number of hydrogen-bond donors (Lipinski definition) is 1. The van der Waals surface area contributed by atoms with E-state index in [0.717, 1.165) is 31.7 Å². The lowest BCUT2D eigenvalue weighted by Crippen LogP contribution is -2.16. The first-order valence-electron chi connectivity index (χ1n) is 8.62. The van der Waals surface area contributed by atoms with Gasteiger partial charge in [-0.05, 0) is 25.0 Å². The second-order valence-electron chi connectivity index (χ2n) is 6.77. The number of halogens is 2. The second kappa shape index (κ2) is 5.55. The largest absolute Gasteiger partial charge is 0.325 e. The monoisotopic (exact) mass is 355 g/mol. The van der Waals surface area contributed by atoms with Crippen molar-refractivity contribution in [1.82, 2.24) is 19.7 Å². The van der Waals surface area contributed by atoms with Crippen LogP contribution in [-0.4, -0.2) is 25.7 Å². The number of amides is 1. The van der Waals surface area contributed by atoms with E-state index in [1.54, 1.807) is 6.20 Å². The Balaban J connectivity index is 1.69.